The fraction of sp³-hybridized carbons (Fsp3) is 0.417. The molecule has 0 aromatic carbocycles. The van der Waals surface area contributed by atoms with Crippen LogP contribution in [0.25, 0.3) is 5.65 Å². The molecule has 100 valence electrons. The van der Waals surface area contributed by atoms with Gasteiger partial charge in [-0.15, -0.1) is 5.10 Å². The van der Waals surface area contributed by atoms with Gasteiger partial charge in [0.1, 0.15) is 5.56 Å². The van der Waals surface area contributed by atoms with Crippen LogP contribution in [0.4, 0.5) is 5.82 Å². The molecular formula is C12H15N5O2. The van der Waals surface area contributed by atoms with E-state index >= 15 is 0 Å². The molecule has 0 radical (unpaired) electrons. The Labute approximate surface area is 110 Å². The third-order valence-electron chi connectivity index (χ3n) is 3.15. The van der Waals surface area contributed by atoms with E-state index < -0.39 is 5.91 Å². The molecule has 7 nitrogen and oxygen atoms in total. The summed E-state index contributed by atoms with van der Waals surface area (Å²) in [5, 5.41) is 4.42. The average Bonchev–Trinajstić information content (AvgIpc) is 2.59. The Kier molecular flexibility index (Phi) is 3.04. The zero-order chi connectivity index (χ0) is 13.2. The summed E-state index contributed by atoms with van der Waals surface area (Å²) in [7, 11) is 0. The predicted molar refractivity (Wildman–Crippen MR) is 69.2 cm³/mol. The molecule has 0 bridgehead atoms. The molecule has 1 saturated heterocycles. The maximum absolute atomic E-state index is 11.7. The number of carbonyl (C=O) groups excluding carboxylic acids is 1. The second-order valence-electron chi connectivity index (χ2n) is 4.40. The number of carbonyl (C=O) groups is 1. The highest BCUT2D eigenvalue weighted by atomic mass is 16.5. The van der Waals surface area contributed by atoms with E-state index in [1.54, 1.807) is 23.0 Å². The van der Waals surface area contributed by atoms with Gasteiger partial charge in [-0.25, -0.2) is 9.50 Å². The Balaban J connectivity index is 2.10. The van der Waals surface area contributed by atoms with Crippen molar-refractivity contribution in [3.05, 3.63) is 24.0 Å². The van der Waals surface area contributed by atoms with Crippen LogP contribution in [0.5, 0.6) is 0 Å². The Morgan fingerprint density at radius 3 is 3.11 bits per heavy atom. The second kappa shape index (κ2) is 4.85. The van der Waals surface area contributed by atoms with E-state index in [4.69, 9.17) is 10.5 Å². The van der Waals surface area contributed by atoms with E-state index in [9.17, 15) is 4.79 Å². The molecule has 0 unspecified atom stereocenters. The van der Waals surface area contributed by atoms with Gasteiger partial charge in [0.15, 0.2) is 11.5 Å². The lowest BCUT2D eigenvalue weighted by Crippen LogP contribution is -2.28. The van der Waals surface area contributed by atoms with Crippen LogP contribution in [0, 0.1) is 0 Å². The number of ether oxygens (including phenoxy) is 1. The van der Waals surface area contributed by atoms with Crippen LogP contribution in [0.3, 0.4) is 0 Å². The van der Waals surface area contributed by atoms with Crippen molar-refractivity contribution in [2.75, 3.05) is 31.2 Å². The third-order valence-corrected chi connectivity index (χ3v) is 3.15. The number of hydrogen-bond acceptors (Lipinski definition) is 5. The summed E-state index contributed by atoms with van der Waals surface area (Å²) in [6.45, 7) is 2.85. The molecule has 1 fully saturated rings. The normalized spacial score (nSPS) is 16.5. The predicted octanol–water partition coefficient (Wildman–Crippen LogP) is 0.0549. The van der Waals surface area contributed by atoms with Gasteiger partial charge in [0.2, 0.25) is 0 Å². The van der Waals surface area contributed by atoms with E-state index in [1.807, 2.05) is 4.90 Å². The van der Waals surface area contributed by atoms with Crippen molar-refractivity contribution in [2.24, 2.45) is 5.73 Å². The number of amides is 1. The SMILES string of the molecule is NC(=O)c1c(N2CCCOCC2)nn2cccnc12. The number of aromatic nitrogens is 3. The molecule has 7 heteroatoms. The number of nitrogens with two attached hydrogens (primary N) is 1. The van der Waals surface area contributed by atoms with Gasteiger partial charge in [-0.05, 0) is 12.5 Å². The molecule has 1 aliphatic rings. The summed E-state index contributed by atoms with van der Waals surface area (Å²) in [4.78, 5) is 17.9. The topological polar surface area (TPSA) is 85.8 Å². The van der Waals surface area contributed by atoms with Crippen LogP contribution >= 0.6 is 0 Å². The Bertz CT molecular complexity index is 601. The highest BCUT2D eigenvalue weighted by Gasteiger charge is 2.23. The van der Waals surface area contributed by atoms with Crippen LogP contribution in [0.15, 0.2) is 18.5 Å². The first-order chi connectivity index (χ1) is 9.27. The largest absolute Gasteiger partial charge is 0.380 e. The van der Waals surface area contributed by atoms with Gasteiger partial charge in [-0.2, -0.15) is 0 Å². The molecule has 0 spiro atoms. The number of rotatable bonds is 2. The molecule has 3 rings (SSSR count). The van der Waals surface area contributed by atoms with Crippen LogP contribution < -0.4 is 10.6 Å². The number of fused-ring (bicyclic) bond motifs is 1. The number of hydrogen-bond donors (Lipinski definition) is 1. The smallest absolute Gasteiger partial charge is 0.256 e. The molecule has 0 aliphatic carbocycles. The monoisotopic (exact) mass is 261 g/mol. The average molecular weight is 261 g/mol. The lowest BCUT2D eigenvalue weighted by Gasteiger charge is -2.19. The third kappa shape index (κ3) is 2.12. The molecule has 3 heterocycles. The van der Waals surface area contributed by atoms with Crippen LogP contribution in [0.1, 0.15) is 16.8 Å². The van der Waals surface area contributed by atoms with Gasteiger partial charge < -0.3 is 15.4 Å². The van der Waals surface area contributed by atoms with Crippen molar-refractivity contribution in [1.82, 2.24) is 14.6 Å². The first kappa shape index (κ1) is 11.9. The summed E-state index contributed by atoms with van der Waals surface area (Å²) in [5.74, 6) is 0.0885. The molecule has 2 aromatic heterocycles. The molecule has 19 heavy (non-hydrogen) atoms. The summed E-state index contributed by atoms with van der Waals surface area (Å²) in [6.07, 6.45) is 4.28. The van der Waals surface area contributed by atoms with Crippen molar-refractivity contribution in [2.45, 2.75) is 6.42 Å². The Morgan fingerprint density at radius 2 is 2.26 bits per heavy atom. The fourth-order valence-corrected chi connectivity index (χ4v) is 2.27. The molecule has 0 atom stereocenters. The first-order valence-corrected chi connectivity index (χ1v) is 6.23. The minimum atomic E-state index is -0.506. The van der Waals surface area contributed by atoms with E-state index in [0.717, 1.165) is 19.6 Å². The van der Waals surface area contributed by atoms with E-state index in [0.29, 0.717) is 30.2 Å². The molecule has 2 aromatic rings. The zero-order valence-corrected chi connectivity index (χ0v) is 10.5. The maximum atomic E-state index is 11.7. The Hall–Kier alpha value is -2.15. The van der Waals surface area contributed by atoms with Crippen LogP contribution in [-0.4, -0.2) is 46.8 Å². The van der Waals surface area contributed by atoms with Crippen molar-refractivity contribution >= 4 is 17.4 Å². The maximum Gasteiger partial charge on any atom is 0.256 e. The van der Waals surface area contributed by atoms with Crippen LogP contribution in [-0.2, 0) is 4.74 Å². The van der Waals surface area contributed by atoms with Gasteiger partial charge >= 0.3 is 0 Å². The fourth-order valence-electron chi connectivity index (χ4n) is 2.27. The molecule has 1 amide bonds. The second-order valence-corrected chi connectivity index (χ2v) is 4.40. The molecule has 0 saturated carbocycles. The quantitative estimate of drug-likeness (QED) is 0.825. The number of primary amides is 1. The van der Waals surface area contributed by atoms with Gasteiger partial charge in [0.05, 0.1) is 6.61 Å². The van der Waals surface area contributed by atoms with E-state index in [2.05, 4.69) is 10.1 Å². The summed E-state index contributed by atoms with van der Waals surface area (Å²) >= 11 is 0. The van der Waals surface area contributed by atoms with Gasteiger partial charge in [0.25, 0.3) is 5.91 Å². The molecule has 1 aliphatic heterocycles. The summed E-state index contributed by atoms with van der Waals surface area (Å²) in [5.41, 5.74) is 6.35. The van der Waals surface area contributed by atoms with E-state index in [1.165, 1.54) is 0 Å². The highest BCUT2D eigenvalue weighted by Crippen LogP contribution is 2.23. The van der Waals surface area contributed by atoms with Crippen molar-refractivity contribution in [3.63, 3.8) is 0 Å². The Morgan fingerprint density at radius 1 is 1.37 bits per heavy atom. The minimum Gasteiger partial charge on any atom is -0.380 e. The zero-order valence-electron chi connectivity index (χ0n) is 10.5. The number of anilines is 1. The van der Waals surface area contributed by atoms with Gasteiger partial charge in [0, 0.05) is 32.1 Å². The van der Waals surface area contributed by atoms with Gasteiger partial charge in [-0.1, -0.05) is 0 Å². The first-order valence-electron chi connectivity index (χ1n) is 6.23. The summed E-state index contributed by atoms with van der Waals surface area (Å²) in [6, 6.07) is 1.76. The van der Waals surface area contributed by atoms with Crippen LogP contribution in [0.2, 0.25) is 0 Å². The minimum absolute atomic E-state index is 0.377. The molecular weight excluding hydrogens is 246 g/mol. The number of nitrogens with zero attached hydrogens (tertiary/aromatic N) is 4. The lowest BCUT2D eigenvalue weighted by molar-refractivity contribution is 0.100. The van der Waals surface area contributed by atoms with Crippen molar-refractivity contribution in [3.8, 4) is 0 Å². The van der Waals surface area contributed by atoms with Gasteiger partial charge in [-0.3, -0.25) is 4.79 Å². The highest BCUT2D eigenvalue weighted by molar-refractivity contribution is 6.03. The standard InChI is InChI=1S/C12H15N5O2/c13-10(18)9-11-14-3-1-5-17(11)15-12(9)16-4-2-7-19-8-6-16/h1,3,5H,2,4,6-8H2,(H2,13,18). The molecule has 2 N–H and O–H groups in total. The van der Waals surface area contributed by atoms with Crippen molar-refractivity contribution in [1.29, 1.82) is 0 Å². The van der Waals surface area contributed by atoms with E-state index in [-0.39, 0.29) is 0 Å². The summed E-state index contributed by atoms with van der Waals surface area (Å²) < 4.78 is 7.00. The lowest BCUT2D eigenvalue weighted by atomic mass is 10.2. The van der Waals surface area contributed by atoms with Crippen molar-refractivity contribution < 1.29 is 9.53 Å².